The average Bonchev–Trinajstić information content (AvgIpc) is 2.98. The number of fused-ring (bicyclic) bond motifs is 1. The van der Waals surface area contributed by atoms with Gasteiger partial charge in [-0.15, -0.1) is 11.3 Å². The molecule has 0 aliphatic carbocycles. The number of rotatable bonds is 10. The van der Waals surface area contributed by atoms with Gasteiger partial charge in [-0.05, 0) is 25.3 Å². The highest BCUT2D eigenvalue weighted by atomic mass is 32.1. The largest absolute Gasteiger partial charge is 0.465 e. The van der Waals surface area contributed by atoms with Gasteiger partial charge in [-0.25, -0.2) is 9.78 Å². The highest BCUT2D eigenvalue weighted by Gasteiger charge is 2.20. The Balaban J connectivity index is 2.30. The van der Waals surface area contributed by atoms with Crippen LogP contribution in [0.3, 0.4) is 0 Å². The fraction of sp³-hybridized carbons (Fsp3) is 0.611. The summed E-state index contributed by atoms with van der Waals surface area (Å²) in [6, 6.07) is 0. The Bertz CT molecular complexity index is 832. The van der Waals surface area contributed by atoms with Crippen molar-refractivity contribution in [1.82, 2.24) is 14.9 Å². The lowest BCUT2D eigenvalue weighted by Crippen LogP contribution is -2.34. The van der Waals surface area contributed by atoms with E-state index in [9.17, 15) is 14.7 Å². The summed E-state index contributed by atoms with van der Waals surface area (Å²) in [6.45, 7) is 5.86. The topological polar surface area (TPSA) is 105 Å². The van der Waals surface area contributed by atoms with Crippen LogP contribution in [-0.2, 0) is 16.0 Å². The van der Waals surface area contributed by atoms with Crippen molar-refractivity contribution in [2.75, 3.05) is 33.9 Å². The van der Waals surface area contributed by atoms with Crippen LogP contribution in [0.25, 0.3) is 10.2 Å². The van der Waals surface area contributed by atoms with E-state index in [2.05, 4.69) is 9.97 Å². The smallest absolute Gasteiger partial charge is 0.348 e. The molecule has 2 rings (SSSR count). The number of nitrogens with one attached hydrogen (secondary N) is 1. The molecule has 0 aromatic carbocycles. The van der Waals surface area contributed by atoms with Gasteiger partial charge >= 0.3 is 5.97 Å². The van der Waals surface area contributed by atoms with E-state index in [0.29, 0.717) is 59.1 Å². The predicted octanol–water partition coefficient (Wildman–Crippen LogP) is 1.69. The zero-order valence-corrected chi connectivity index (χ0v) is 17.0. The van der Waals surface area contributed by atoms with Gasteiger partial charge in [-0.1, -0.05) is 6.92 Å². The molecule has 0 amide bonds. The van der Waals surface area contributed by atoms with Gasteiger partial charge in [-0.3, -0.25) is 9.69 Å². The van der Waals surface area contributed by atoms with Crippen molar-refractivity contribution in [2.24, 2.45) is 0 Å². The van der Waals surface area contributed by atoms with Gasteiger partial charge in [0, 0.05) is 26.8 Å². The van der Waals surface area contributed by atoms with Gasteiger partial charge < -0.3 is 19.6 Å². The van der Waals surface area contributed by atoms with E-state index in [1.54, 1.807) is 14.0 Å². The second-order valence-corrected chi connectivity index (χ2v) is 7.38. The van der Waals surface area contributed by atoms with Crippen LogP contribution in [0.2, 0.25) is 0 Å². The molecule has 1 unspecified atom stereocenters. The molecule has 0 spiro atoms. The van der Waals surface area contributed by atoms with Gasteiger partial charge in [0.25, 0.3) is 5.56 Å². The Kier molecular flexibility index (Phi) is 7.91. The number of aliphatic hydroxyl groups is 1. The van der Waals surface area contributed by atoms with E-state index in [4.69, 9.17) is 9.47 Å². The highest BCUT2D eigenvalue weighted by Crippen LogP contribution is 2.27. The summed E-state index contributed by atoms with van der Waals surface area (Å²) in [5, 5.41) is 10.4. The molecular weight excluding hydrogens is 370 g/mol. The third kappa shape index (κ3) is 5.35. The Morgan fingerprint density at radius 2 is 2.15 bits per heavy atom. The van der Waals surface area contributed by atoms with Crippen molar-refractivity contribution in [3.63, 3.8) is 0 Å². The average molecular weight is 397 g/mol. The first-order valence-corrected chi connectivity index (χ1v) is 9.72. The third-order valence-electron chi connectivity index (χ3n) is 4.36. The number of carbonyl (C=O) groups is 1. The van der Waals surface area contributed by atoms with E-state index in [1.165, 1.54) is 7.11 Å². The standard InChI is InChI=1S/C18H27N3O5S/c1-5-12(22)9-21(7-6-8-25-3)10-13-19-16(23)14-11(2)15(18(24)26-4)27-17(14)20-13/h12,22H,5-10H2,1-4H3,(H,19,20,23). The summed E-state index contributed by atoms with van der Waals surface area (Å²) >= 11 is 1.16. The van der Waals surface area contributed by atoms with Crippen molar-refractivity contribution in [3.8, 4) is 0 Å². The number of thiophene rings is 1. The van der Waals surface area contributed by atoms with Gasteiger partial charge in [0.1, 0.15) is 15.5 Å². The summed E-state index contributed by atoms with van der Waals surface area (Å²) in [7, 11) is 2.96. The summed E-state index contributed by atoms with van der Waals surface area (Å²) in [5.74, 6) is 0.0367. The molecule has 0 bridgehead atoms. The number of aromatic nitrogens is 2. The Morgan fingerprint density at radius 1 is 1.41 bits per heavy atom. The van der Waals surface area contributed by atoms with Crippen molar-refractivity contribution in [3.05, 3.63) is 26.6 Å². The maximum Gasteiger partial charge on any atom is 0.348 e. The SMILES string of the molecule is CCC(O)CN(CCCOC)Cc1nc2sc(C(=O)OC)c(C)c2c(=O)[nH]1. The van der Waals surface area contributed by atoms with E-state index in [0.717, 1.165) is 17.8 Å². The minimum atomic E-state index is -0.469. The number of ether oxygens (including phenoxy) is 2. The number of carbonyl (C=O) groups excluding carboxylic acids is 1. The van der Waals surface area contributed by atoms with E-state index >= 15 is 0 Å². The molecular formula is C18H27N3O5S. The number of hydrogen-bond acceptors (Lipinski definition) is 8. The zero-order chi connectivity index (χ0) is 20.0. The molecule has 0 aliphatic rings. The molecule has 2 aromatic rings. The fourth-order valence-electron chi connectivity index (χ4n) is 2.86. The van der Waals surface area contributed by atoms with Crippen LogP contribution in [0, 0.1) is 6.92 Å². The van der Waals surface area contributed by atoms with Gasteiger partial charge in [0.2, 0.25) is 0 Å². The van der Waals surface area contributed by atoms with E-state index < -0.39 is 12.1 Å². The van der Waals surface area contributed by atoms with Crippen LogP contribution in [0.1, 0.15) is 40.8 Å². The van der Waals surface area contributed by atoms with Crippen LogP contribution in [-0.4, -0.2) is 66.0 Å². The minimum absolute atomic E-state index is 0.271. The lowest BCUT2D eigenvalue weighted by atomic mass is 10.2. The number of H-pyrrole nitrogens is 1. The Labute approximate surface area is 162 Å². The number of methoxy groups -OCH3 is 2. The summed E-state index contributed by atoms with van der Waals surface area (Å²) in [6.07, 6.45) is 1.01. The molecule has 0 saturated carbocycles. The quantitative estimate of drug-likeness (QED) is 0.464. The molecule has 27 heavy (non-hydrogen) atoms. The Morgan fingerprint density at radius 3 is 2.78 bits per heavy atom. The predicted molar refractivity (Wildman–Crippen MR) is 104 cm³/mol. The molecule has 9 heteroatoms. The van der Waals surface area contributed by atoms with Crippen LogP contribution in [0.15, 0.2) is 4.79 Å². The number of hydrogen-bond donors (Lipinski definition) is 2. The lowest BCUT2D eigenvalue weighted by Gasteiger charge is -2.24. The number of aryl methyl sites for hydroxylation is 1. The van der Waals surface area contributed by atoms with Crippen molar-refractivity contribution >= 4 is 27.5 Å². The normalized spacial score (nSPS) is 12.7. The molecule has 2 N–H and O–H groups in total. The first kappa shape index (κ1) is 21.5. The lowest BCUT2D eigenvalue weighted by molar-refractivity contribution is 0.0605. The van der Waals surface area contributed by atoms with Crippen molar-refractivity contribution in [2.45, 2.75) is 39.3 Å². The van der Waals surface area contributed by atoms with Crippen molar-refractivity contribution < 1.29 is 19.4 Å². The molecule has 0 saturated heterocycles. The molecule has 8 nitrogen and oxygen atoms in total. The second kappa shape index (κ2) is 9.93. The highest BCUT2D eigenvalue weighted by molar-refractivity contribution is 7.20. The molecule has 0 radical (unpaired) electrons. The molecule has 0 fully saturated rings. The molecule has 2 aromatic heterocycles. The van der Waals surface area contributed by atoms with Crippen LogP contribution in [0.4, 0.5) is 0 Å². The first-order chi connectivity index (χ1) is 12.9. The number of nitrogens with zero attached hydrogens (tertiary/aromatic N) is 2. The van der Waals surface area contributed by atoms with Crippen molar-refractivity contribution in [1.29, 1.82) is 0 Å². The summed E-state index contributed by atoms with van der Waals surface area (Å²) < 4.78 is 9.87. The first-order valence-electron chi connectivity index (χ1n) is 8.91. The summed E-state index contributed by atoms with van der Waals surface area (Å²) in [4.78, 5) is 34.7. The van der Waals surface area contributed by atoms with Crippen LogP contribution in [0.5, 0.6) is 0 Å². The number of esters is 1. The molecule has 0 aliphatic heterocycles. The second-order valence-electron chi connectivity index (χ2n) is 6.38. The molecule has 1 atom stereocenters. The van der Waals surface area contributed by atoms with E-state index in [-0.39, 0.29) is 5.56 Å². The number of aliphatic hydroxyl groups excluding tert-OH is 1. The van der Waals surface area contributed by atoms with E-state index in [1.807, 2.05) is 11.8 Å². The minimum Gasteiger partial charge on any atom is -0.465 e. The maximum atomic E-state index is 12.5. The van der Waals surface area contributed by atoms with Gasteiger partial charge in [0.05, 0.1) is 25.1 Å². The maximum absolute atomic E-state index is 12.5. The Hall–Kier alpha value is -1.81. The fourth-order valence-corrected chi connectivity index (χ4v) is 3.98. The van der Waals surface area contributed by atoms with Crippen LogP contribution >= 0.6 is 11.3 Å². The number of aromatic amines is 1. The van der Waals surface area contributed by atoms with Gasteiger partial charge in [0.15, 0.2) is 0 Å². The summed E-state index contributed by atoms with van der Waals surface area (Å²) in [5.41, 5.74) is 0.312. The third-order valence-corrected chi connectivity index (χ3v) is 5.52. The van der Waals surface area contributed by atoms with Gasteiger partial charge in [-0.2, -0.15) is 0 Å². The zero-order valence-electron chi connectivity index (χ0n) is 16.2. The molecule has 150 valence electrons. The molecule has 2 heterocycles. The van der Waals surface area contributed by atoms with Crippen LogP contribution < -0.4 is 5.56 Å². The monoisotopic (exact) mass is 397 g/mol.